The second-order valence-electron chi connectivity index (χ2n) is 4.26. The summed E-state index contributed by atoms with van der Waals surface area (Å²) in [6, 6.07) is 21.0. The molecule has 1 heteroatoms. The summed E-state index contributed by atoms with van der Waals surface area (Å²) in [6.45, 7) is 2.17. The van der Waals surface area contributed by atoms with Gasteiger partial charge in [-0.15, -0.1) is 0 Å². The van der Waals surface area contributed by atoms with E-state index in [9.17, 15) is 0 Å². The molecule has 0 N–H and O–H groups in total. The summed E-state index contributed by atoms with van der Waals surface area (Å²) in [6.07, 6.45) is 3.30. The van der Waals surface area contributed by atoms with Crippen molar-refractivity contribution in [3.63, 3.8) is 0 Å². The van der Waals surface area contributed by atoms with Crippen molar-refractivity contribution in [1.82, 2.24) is 0 Å². The summed E-state index contributed by atoms with van der Waals surface area (Å²) in [5.41, 5.74) is 3.72. The molecule has 2 rings (SSSR count). The van der Waals surface area contributed by atoms with E-state index in [0.717, 1.165) is 6.42 Å². The summed E-state index contributed by atoms with van der Waals surface area (Å²) in [7, 11) is 2.11. The van der Waals surface area contributed by atoms with Gasteiger partial charge < -0.3 is 4.90 Å². The van der Waals surface area contributed by atoms with E-state index in [0.29, 0.717) is 0 Å². The summed E-state index contributed by atoms with van der Waals surface area (Å²) >= 11 is 0. The molecule has 1 nitrogen and oxygen atoms in total. The molecule has 18 heavy (non-hydrogen) atoms. The Kier molecular flexibility index (Phi) is 4.19. The number of hydrogen-bond donors (Lipinski definition) is 0. The molecule has 0 saturated carbocycles. The van der Waals surface area contributed by atoms with Crippen molar-refractivity contribution < 1.29 is 0 Å². The maximum absolute atomic E-state index is 2.27. The van der Waals surface area contributed by atoms with Crippen molar-refractivity contribution >= 4 is 11.4 Å². The van der Waals surface area contributed by atoms with Crippen LogP contribution < -0.4 is 4.90 Å². The molecule has 0 heterocycles. The third-order valence-electron chi connectivity index (χ3n) is 2.97. The Hall–Kier alpha value is -2.02. The Morgan fingerprint density at radius 1 is 0.944 bits per heavy atom. The fourth-order valence-electron chi connectivity index (χ4n) is 2.04. The summed E-state index contributed by atoms with van der Waals surface area (Å²) < 4.78 is 0. The van der Waals surface area contributed by atoms with Crippen molar-refractivity contribution in [2.75, 3.05) is 11.9 Å². The smallest absolute Gasteiger partial charge is 0.0441 e. The lowest BCUT2D eigenvalue weighted by molar-refractivity contribution is 1.16. The van der Waals surface area contributed by atoms with Crippen LogP contribution in [0.4, 0.5) is 5.69 Å². The first-order chi connectivity index (χ1) is 8.83. The fraction of sp³-hybridized carbons (Fsp3) is 0.176. The van der Waals surface area contributed by atoms with E-state index in [4.69, 9.17) is 0 Å². The molecule has 0 saturated heterocycles. The third kappa shape index (κ3) is 2.80. The first-order valence-electron chi connectivity index (χ1n) is 6.37. The summed E-state index contributed by atoms with van der Waals surface area (Å²) in [4.78, 5) is 2.23. The van der Waals surface area contributed by atoms with Gasteiger partial charge in [0.05, 0.1) is 0 Å². The number of allylic oxidation sites excluding steroid dienone is 1. The van der Waals surface area contributed by atoms with Gasteiger partial charge in [0.15, 0.2) is 0 Å². The first kappa shape index (κ1) is 12.4. The molecule has 0 aliphatic rings. The minimum absolute atomic E-state index is 1.03. The van der Waals surface area contributed by atoms with Crippen LogP contribution in [0.5, 0.6) is 0 Å². The lowest BCUT2D eigenvalue weighted by atomic mass is 10.1. The number of rotatable bonds is 4. The van der Waals surface area contributed by atoms with Gasteiger partial charge in [-0.25, -0.2) is 0 Å². The van der Waals surface area contributed by atoms with Crippen molar-refractivity contribution in [2.45, 2.75) is 13.3 Å². The predicted molar refractivity (Wildman–Crippen MR) is 79.6 cm³/mol. The van der Waals surface area contributed by atoms with Crippen LogP contribution in [-0.2, 0) is 0 Å². The molecule has 0 aliphatic carbocycles. The highest BCUT2D eigenvalue weighted by Gasteiger charge is 2.08. The second-order valence-corrected chi connectivity index (χ2v) is 4.26. The van der Waals surface area contributed by atoms with Gasteiger partial charge in [0.2, 0.25) is 0 Å². The van der Waals surface area contributed by atoms with E-state index in [1.54, 1.807) is 0 Å². The molecular weight excluding hydrogens is 218 g/mol. The maximum Gasteiger partial charge on any atom is 0.0441 e. The molecule has 2 aromatic rings. The number of anilines is 1. The van der Waals surface area contributed by atoms with Crippen LogP contribution >= 0.6 is 0 Å². The topological polar surface area (TPSA) is 3.24 Å². The van der Waals surface area contributed by atoms with Crippen molar-refractivity contribution in [3.8, 4) is 0 Å². The molecule has 92 valence electrons. The highest BCUT2D eigenvalue weighted by molar-refractivity contribution is 5.78. The highest BCUT2D eigenvalue weighted by Crippen LogP contribution is 2.24. The van der Waals surface area contributed by atoms with E-state index in [1.165, 1.54) is 16.9 Å². The van der Waals surface area contributed by atoms with Crippen LogP contribution in [0.2, 0.25) is 0 Å². The highest BCUT2D eigenvalue weighted by atomic mass is 15.1. The Balaban J connectivity index is 2.35. The Labute approximate surface area is 109 Å². The molecule has 0 aliphatic heterocycles. The van der Waals surface area contributed by atoms with Gasteiger partial charge in [-0.2, -0.15) is 0 Å². The minimum Gasteiger partial charge on any atom is -0.344 e. The zero-order valence-electron chi connectivity index (χ0n) is 11.0. The van der Waals surface area contributed by atoms with Crippen molar-refractivity contribution in [3.05, 3.63) is 72.3 Å². The minimum atomic E-state index is 1.03. The second kappa shape index (κ2) is 6.06. The maximum atomic E-state index is 2.27. The SMILES string of the molecule is CC/C=C(/c1ccccc1)N(C)c1ccccc1. The van der Waals surface area contributed by atoms with Gasteiger partial charge in [-0.1, -0.05) is 61.5 Å². The van der Waals surface area contributed by atoms with Gasteiger partial charge in [-0.05, 0) is 24.1 Å². The van der Waals surface area contributed by atoms with Crippen molar-refractivity contribution in [2.24, 2.45) is 0 Å². The summed E-state index contributed by atoms with van der Waals surface area (Å²) in [5, 5.41) is 0. The van der Waals surface area contributed by atoms with E-state index in [1.807, 2.05) is 6.07 Å². The number of benzene rings is 2. The van der Waals surface area contributed by atoms with E-state index in [-0.39, 0.29) is 0 Å². The quantitative estimate of drug-likeness (QED) is 0.752. The van der Waals surface area contributed by atoms with Crippen molar-refractivity contribution in [1.29, 1.82) is 0 Å². The zero-order valence-corrected chi connectivity index (χ0v) is 11.0. The normalized spacial score (nSPS) is 11.3. The van der Waals surface area contributed by atoms with Gasteiger partial charge in [0.1, 0.15) is 0 Å². The predicted octanol–water partition coefficient (Wildman–Crippen LogP) is 4.57. The number of nitrogens with zero attached hydrogens (tertiary/aromatic N) is 1. The van der Waals surface area contributed by atoms with Gasteiger partial charge in [0, 0.05) is 18.4 Å². The molecule has 0 radical (unpaired) electrons. The van der Waals surface area contributed by atoms with Crippen LogP contribution in [0.25, 0.3) is 5.70 Å². The van der Waals surface area contributed by atoms with Gasteiger partial charge in [0.25, 0.3) is 0 Å². The van der Waals surface area contributed by atoms with Crippen LogP contribution in [0.15, 0.2) is 66.7 Å². The molecule has 0 bridgehead atoms. The van der Waals surface area contributed by atoms with Gasteiger partial charge in [-0.3, -0.25) is 0 Å². The fourth-order valence-corrected chi connectivity index (χ4v) is 2.04. The molecule has 0 aromatic heterocycles. The lowest BCUT2D eigenvalue weighted by Gasteiger charge is -2.23. The monoisotopic (exact) mass is 237 g/mol. The molecule has 0 fully saturated rings. The van der Waals surface area contributed by atoms with E-state index in [2.05, 4.69) is 79.5 Å². The molecule has 0 atom stereocenters. The van der Waals surface area contributed by atoms with Gasteiger partial charge >= 0.3 is 0 Å². The molecule has 0 unspecified atom stereocenters. The average Bonchev–Trinajstić information content (AvgIpc) is 2.46. The Bertz CT molecular complexity index is 500. The average molecular weight is 237 g/mol. The third-order valence-corrected chi connectivity index (χ3v) is 2.97. The van der Waals surface area contributed by atoms with E-state index >= 15 is 0 Å². The zero-order chi connectivity index (χ0) is 12.8. The van der Waals surface area contributed by atoms with Crippen LogP contribution in [0, 0.1) is 0 Å². The van der Waals surface area contributed by atoms with Crippen LogP contribution in [0.3, 0.4) is 0 Å². The number of hydrogen-bond acceptors (Lipinski definition) is 1. The van der Waals surface area contributed by atoms with Crippen LogP contribution in [-0.4, -0.2) is 7.05 Å². The largest absolute Gasteiger partial charge is 0.344 e. The van der Waals surface area contributed by atoms with Crippen LogP contribution in [0.1, 0.15) is 18.9 Å². The molecule has 0 amide bonds. The summed E-state index contributed by atoms with van der Waals surface area (Å²) in [5.74, 6) is 0. The lowest BCUT2D eigenvalue weighted by Crippen LogP contribution is -2.15. The molecular formula is C17H19N. The Morgan fingerprint density at radius 2 is 1.50 bits per heavy atom. The standard InChI is InChI=1S/C17H19N/c1-3-10-17(15-11-6-4-7-12-15)18(2)16-13-8-5-9-14-16/h4-14H,3H2,1-2H3/b17-10-. The van der Waals surface area contributed by atoms with E-state index < -0.39 is 0 Å². The molecule has 0 spiro atoms. The Morgan fingerprint density at radius 3 is 2.06 bits per heavy atom. The molecule has 2 aromatic carbocycles. The first-order valence-corrected chi connectivity index (χ1v) is 6.37. The number of para-hydroxylation sites is 1.